The molecule has 1 aromatic rings. The van der Waals surface area contributed by atoms with E-state index in [0.29, 0.717) is 6.04 Å². The minimum absolute atomic E-state index is 0.0137. The van der Waals surface area contributed by atoms with Gasteiger partial charge in [0.25, 0.3) is 0 Å². The van der Waals surface area contributed by atoms with Crippen molar-refractivity contribution in [3.05, 3.63) is 29.8 Å². The summed E-state index contributed by atoms with van der Waals surface area (Å²) in [6.45, 7) is 4.91. The second-order valence-corrected chi connectivity index (χ2v) is 7.82. The molecule has 1 aromatic carbocycles. The molecule has 0 bridgehead atoms. The van der Waals surface area contributed by atoms with Crippen molar-refractivity contribution in [2.45, 2.75) is 63.6 Å². The van der Waals surface area contributed by atoms with Crippen LogP contribution in [-0.4, -0.2) is 48.9 Å². The maximum atomic E-state index is 9.85. The van der Waals surface area contributed by atoms with Crippen LogP contribution < -0.4 is 10.1 Å². The Hall–Kier alpha value is -1.10. The summed E-state index contributed by atoms with van der Waals surface area (Å²) in [5, 5.41) is 13.5. The van der Waals surface area contributed by atoms with Crippen LogP contribution in [0.2, 0.25) is 0 Å². The first kappa shape index (κ1) is 18.7. The summed E-state index contributed by atoms with van der Waals surface area (Å²) in [4.78, 5) is 2.72. The maximum absolute atomic E-state index is 9.85. The van der Waals surface area contributed by atoms with Gasteiger partial charge in [-0.2, -0.15) is 0 Å². The van der Waals surface area contributed by atoms with E-state index in [1.165, 1.54) is 51.6 Å². The number of rotatable bonds is 6. The summed E-state index contributed by atoms with van der Waals surface area (Å²) in [5.41, 5.74) is 1.10. The van der Waals surface area contributed by atoms with Gasteiger partial charge in [0.15, 0.2) is 0 Å². The molecule has 0 amide bonds. The molecule has 25 heavy (non-hydrogen) atoms. The van der Waals surface area contributed by atoms with Crippen molar-refractivity contribution >= 4 is 0 Å². The monoisotopic (exact) mass is 346 g/mol. The van der Waals surface area contributed by atoms with E-state index < -0.39 is 0 Å². The van der Waals surface area contributed by atoms with Crippen LogP contribution in [0.15, 0.2) is 24.3 Å². The van der Waals surface area contributed by atoms with E-state index in [-0.39, 0.29) is 12.6 Å². The smallest absolute Gasteiger partial charge is 0.119 e. The van der Waals surface area contributed by atoms with E-state index in [9.17, 15) is 5.11 Å². The SMILES string of the molecule is COc1cccc(C(CO)NC2CCN(C3CCCCC3C)CC2)c1. The molecule has 1 saturated carbocycles. The van der Waals surface area contributed by atoms with Gasteiger partial charge in [-0.1, -0.05) is 31.9 Å². The highest BCUT2D eigenvalue weighted by molar-refractivity contribution is 5.30. The van der Waals surface area contributed by atoms with Crippen molar-refractivity contribution in [2.24, 2.45) is 5.92 Å². The number of aliphatic hydroxyl groups is 1. The van der Waals surface area contributed by atoms with Gasteiger partial charge in [-0.25, -0.2) is 0 Å². The van der Waals surface area contributed by atoms with E-state index in [4.69, 9.17) is 4.74 Å². The lowest BCUT2D eigenvalue weighted by atomic mass is 9.84. The van der Waals surface area contributed by atoms with Crippen molar-refractivity contribution in [3.8, 4) is 5.75 Å². The Labute approximate surface area is 152 Å². The minimum Gasteiger partial charge on any atom is -0.497 e. The summed E-state index contributed by atoms with van der Waals surface area (Å²) in [7, 11) is 1.68. The van der Waals surface area contributed by atoms with Gasteiger partial charge in [0, 0.05) is 12.1 Å². The molecule has 2 fully saturated rings. The molecule has 1 aliphatic carbocycles. The van der Waals surface area contributed by atoms with E-state index >= 15 is 0 Å². The Morgan fingerprint density at radius 2 is 1.96 bits per heavy atom. The third kappa shape index (κ3) is 4.75. The molecule has 2 N–H and O–H groups in total. The van der Waals surface area contributed by atoms with Crippen molar-refractivity contribution in [2.75, 3.05) is 26.8 Å². The average Bonchev–Trinajstić information content (AvgIpc) is 2.67. The van der Waals surface area contributed by atoms with Gasteiger partial charge >= 0.3 is 0 Å². The number of ether oxygens (including phenoxy) is 1. The number of hydrogen-bond acceptors (Lipinski definition) is 4. The quantitative estimate of drug-likeness (QED) is 0.829. The van der Waals surface area contributed by atoms with Crippen LogP contribution in [0.3, 0.4) is 0 Å². The molecule has 2 aliphatic rings. The molecule has 1 heterocycles. The lowest BCUT2D eigenvalue weighted by Crippen LogP contribution is -2.50. The van der Waals surface area contributed by atoms with E-state index in [1.54, 1.807) is 7.11 Å². The molecule has 0 radical (unpaired) electrons. The Balaban J connectivity index is 1.53. The first-order valence-corrected chi connectivity index (χ1v) is 9.96. The van der Waals surface area contributed by atoms with Gasteiger partial charge in [-0.15, -0.1) is 0 Å². The summed E-state index contributed by atoms with van der Waals surface area (Å²) < 4.78 is 5.31. The molecule has 3 atom stereocenters. The lowest BCUT2D eigenvalue weighted by Gasteiger charge is -2.43. The van der Waals surface area contributed by atoms with Crippen LogP contribution in [0, 0.1) is 5.92 Å². The fourth-order valence-electron chi connectivity index (χ4n) is 4.63. The largest absolute Gasteiger partial charge is 0.497 e. The number of hydrogen-bond donors (Lipinski definition) is 2. The van der Waals surface area contributed by atoms with Crippen molar-refractivity contribution in [1.82, 2.24) is 10.2 Å². The Morgan fingerprint density at radius 3 is 2.64 bits per heavy atom. The first-order valence-electron chi connectivity index (χ1n) is 9.96. The molecule has 0 aromatic heterocycles. The van der Waals surface area contributed by atoms with E-state index in [2.05, 4.69) is 23.2 Å². The number of nitrogens with zero attached hydrogens (tertiary/aromatic N) is 1. The number of methoxy groups -OCH3 is 1. The zero-order valence-corrected chi connectivity index (χ0v) is 15.8. The zero-order valence-electron chi connectivity index (χ0n) is 15.8. The molecule has 3 rings (SSSR count). The van der Waals surface area contributed by atoms with Crippen molar-refractivity contribution < 1.29 is 9.84 Å². The van der Waals surface area contributed by atoms with Gasteiger partial charge in [0.1, 0.15) is 5.75 Å². The number of benzene rings is 1. The molecule has 1 saturated heterocycles. The highest BCUT2D eigenvalue weighted by Crippen LogP contribution is 2.30. The summed E-state index contributed by atoms with van der Waals surface area (Å²) >= 11 is 0. The lowest BCUT2D eigenvalue weighted by molar-refractivity contribution is 0.0774. The van der Waals surface area contributed by atoms with Crippen molar-refractivity contribution in [3.63, 3.8) is 0 Å². The second-order valence-electron chi connectivity index (χ2n) is 7.82. The normalized spacial score (nSPS) is 27.2. The molecule has 3 unspecified atom stereocenters. The second kappa shape index (κ2) is 9.02. The van der Waals surface area contributed by atoms with Gasteiger partial charge in [0.2, 0.25) is 0 Å². The molecular weight excluding hydrogens is 312 g/mol. The molecule has 4 heteroatoms. The minimum atomic E-state index is -0.0137. The zero-order chi connectivity index (χ0) is 17.6. The Bertz CT molecular complexity index is 528. The number of likely N-dealkylation sites (tertiary alicyclic amines) is 1. The van der Waals surface area contributed by atoms with Gasteiger partial charge in [-0.3, -0.25) is 0 Å². The number of piperidine rings is 1. The van der Waals surface area contributed by atoms with Crippen LogP contribution in [0.25, 0.3) is 0 Å². The van der Waals surface area contributed by atoms with Crippen LogP contribution in [-0.2, 0) is 0 Å². The Morgan fingerprint density at radius 1 is 1.20 bits per heavy atom. The summed E-state index contributed by atoms with van der Waals surface area (Å²) in [6.07, 6.45) is 7.92. The standard InChI is InChI=1S/C21H34N2O2/c1-16-6-3-4-9-21(16)23-12-10-18(11-13-23)22-20(15-24)17-7-5-8-19(14-17)25-2/h5,7-8,14,16,18,20-22,24H,3-4,6,9-13,15H2,1-2H3. The topological polar surface area (TPSA) is 44.7 Å². The van der Waals surface area contributed by atoms with E-state index in [1.807, 2.05) is 18.2 Å². The fourth-order valence-corrected chi connectivity index (χ4v) is 4.63. The third-order valence-electron chi connectivity index (χ3n) is 6.18. The summed E-state index contributed by atoms with van der Waals surface area (Å²) in [5.74, 6) is 1.69. The summed E-state index contributed by atoms with van der Waals surface area (Å²) in [6, 6.07) is 9.29. The number of nitrogens with one attached hydrogen (secondary N) is 1. The van der Waals surface area contributed by atoms with Crippen LogP contribution in [0.5, 0.6) is 5.75 Å². The Kier molecular flexibility index (Phi) is 6.74. The molecule has 0 spiro atoms. The molecular formula is C21H34N2O2. The van der Waals surface area contributed by atoms with Gasteiger partial charge in [-0.05, 0) is 62.4 Å². The predicted octanol–water partition coefficient (Wildman–Crippen LogP) is 3.36. The predicted molar refractivity (Wildman–Crippen MR) is 102 cm³/mol. The number of aliphatic hydroxyl groups excluding tert-OH is 1. The highest BCUT2D eigenvalue weighted by atomic mass is 16.5. The van der Waals surface area contributed by atoms with Crippen LogP contribution in [0.1, 0.15) is 57.1 Å². The maximum Gasteiger partial charge on any atom is 0.119 e. The average molecular weight is 347 g/mol. The molecule has 1 aliphatic heterocycles. The van der Waals surface area contributed by atoms with E-state index in [0.717, 1.165) is 23.3 Å². The molecule has 4 nitrogen and oxygen atoms in total. The third-order valence-corrected chi connectivity index (χ3v) is 6.18. The van der Waals surface area contributed by atoms with Crippen LogP contribution in [0.4, 0.5) is 0 Å². The first-order chi connectivity index (χ1) is 12.2. The van der Waals surface area contributed by atoms with Gasteiger partial charge < -0.3 is 20.1 Å². The van der Waals surface area contributed by atoms with Crippen molar-refractivity contribution in [1.29, 1.82) is 0 Å². The molecule has 140 valence electrons. The highest BCUT2D eigenvalue weighted by Gasteiger charge is 2.30. The van der Waals surface area contributed by atoms with Gasteiger partial charge in [0.05, 0.1) is 19.8 Å². The fraction of sp³-hybridized carbons (Fsp3) is 0.714. The van der Waals surface area contributed by atoms with Crippen LogP contribution >= 0.6 is 0 Å².